The predicted octanol–water partition coefficient (Wildman–Crippen LogP) is 1.93. The molecule has 2 rings (SSSR count). The van der Waals surface area contributed by atoms with E-state index in [1.807, 2.05) is 30.3 Å². The summed E-state index contributed by atoms with van der Waals surface area (Å²) < 4.78 is 0. The van der Waals surface area contributed by atoms with Crippen molar-refractivity contribution in [3.8, 4) is 0 Å². The molecule has 1 aliphatic rings. The first-order valence-electron chi connectivity index (χ1n) is 5.39. The fraction of sp³-hybridized carbons (Fsp3) is 0.308. The molecule has 1 aliphatic heterocycles. The van der Waals surface area contributed by atoms with Gasteiger partial charge in [0.25, 0.3) is 0 Å². The maximum atomic E-state index is 11.7. The standard InChI is InChI=1S/C13H13NO3/c1-9(15)8-13(2)11(14-17-12(13)16)10-6-4-3-5-7-10/h3-7H,8H2,1-2H3. The molecule has 88 valence electrons. The molecule has 1 unspecified atom stereocenters. The Kier molecular flexibility index (Phi) is 2.79. The molecule has 17 heavy (non-hydrogen) atoms. The second-order valence-corrected chi connectivity index (χ2v) is 4.40. The number of benzene rings is 1. The monoisotopic (exact) mass is 231 g/mol. The highest BCUT2D eigenvalue weighted by atomic mass is 16.7. The van der Waals surface area contributed by atoms with Crippen LogP contribution in [0, 0.1) is 5.41 Å². The lowest BCUT2D eigenvalue weighted by Gasteiger charge is -2.19. The number of oxime groups is 1. The summed E-state index contributed by atoms with van der Waals surface area (Å²) in [5.41, 5.74) is 0.369. The van der Waals surface area contributed by atoms with Crippen molar-refractivity contribution in [3.63, 3.8) is 0 Å². The lowest BCUT2D eigenvalue weighted by Crippen LogP contribution is -2.34. The van der Waals surface area contributed by atoms with Gasteiger partial charge < -0.3 is 4.84 Å². The van der Waals surface area contributed by atoms with E-state index in [-0.39, 0.29) is 12.2 Å². The van der Waals surface area contributed by atoms with Crippen LogP contribution in [0.4, 0.5) is 0 Å². The SMILES string of the molecule is CC(=O)CC1(C)C(=O)ON=C1c1ccccc1. The minimum absolute atomic E-state index is 0.0602. The molecular formula is C13H13NO3. The van der Waals surface area contributed by atoms with Gasteiger partial charge in [-0.3, -0.25) is 4.79 Å². The van der Waals surface area contributed by atoms with Crippen molar-refractivity contribution in [1.82, 2.24) is 0 Å². The van der Waals surface area contributed by atoms with E-state index in [2.05, 4.69) is 5.16 Å². The van der Waals surface area contributed by atoms with Crippen LogP contribution < -0.4 is 0 Å². The second-order valence-electron chi connectivity index (χ2n) is 4.40. The number of ketones is 1. The Balaban J connectivity index is 2.40. The Hall–Kier alpha value is -1.97. The fourth-order valence-electron chi connectivity index (χ4n) is 2.01. The van der Waals surface area contributed by atoms with Crippen molar-refractivity contribution in [2.24, 2.45) is 10.6 Å². The zero-order valence-corrected chi connectivity index (χ0v) is 9.77. The van der Waals surface area contributed by atoms with Crippen LogP contribution in [0.1, 0.15) is 25.8 Å². The Morgan fingerprint density at radius 1 is 1.35 bits per heavy atom. The number of hydrogen-bond acceptors (Lipinski definition) is 4. The molecular weight excluding hydrogens is 218 g/mol. The van der Waals surface area contributed by atoms with Gasteiger partial charge >= 0.3 is 5.97 Å². The molecule has 0 radical (unpaired) electrons. The molecule has 1 heterocycles. The van der Waals surface area contributed by atoms with Crippen molar-refractivity contribution in [2.45, 2.75) is 20.3 Å². The fourth-order valence-corrected chi connectivity index (χ4v) is 2.01. The number of nitrogens with zero attached hydrogens (tertiary/aromatic N) is 1. The molecule has 1 atom stereocenters. The Bertz CT molecular complexity index is 493. The molecule has 0 fully saturated rings. The number of hydrogen-bond donors (Lipinski definition) is 0. The largest absolute Gasteiger partial charge is 0.347 e. The molecule has 0 spiro atoms. The predicted molar refractivity (Wildman–Crippen MR) is 62.5 cm³/mol. The third-order valence-corrected chi connectivity index (χ3v) is 2.84. The second kappa shape index (κ2) is 4.13. The van der Waals surface area contributed by atoms with E-state index in [9.17, 15) is 9.59 Å². The van der Waals surface area contributed by atoms with Gasteiger partial charge in [-0.15, -0.1) is 0 Å². The summed E-state index contributed by atoms with van der Waals surface area (Å²) in [6.07, 6.45) is 0.111. The van der Waals surface area contributed by atoms with Crippen molar-refractivity contribution < 1.29 is 14.4 Å². The smallest absolute Gasteiger partial charge is 0.317 e. The van der Waals surface area contributed by atoms with Gasteiger partial charge in [0, 0.05) is 12.0 Å². The molecule has 4 heteroatoms. The Morgan fingerprint density at radius 2 is 2.00 bits per heavy atom. The summed E-state index contributed by atoms with van der Waals surface area (Å²) in [6, 6.07) is 9.28. The van der Waals surface area contributed by atoms with Crippen molar-refractivity contribution in [3.05, 3.63) is 35.9 Å². The van der Waals surface area contributed by atoms with E-state index < -0.39 is 11.4 Å². The summed E-state index contributed by atoms with van der Waals surface area (Å²) >= 11 is 0. The zero-order valence-electron chi connectivity index (χ0n) is 9.77. The maximum Gasteiger partial charge on any atom is 0.347 e. The van der Waals surface area contributed by atoms with Crippen molar-refractivity contribution in [1.29, 1.82) is 0 Å². The van der Waals surface area contributed by atoms with E-state index in [4.69, 9.17) is 4.84 Å². The topological polar surface area (TPSA) is 55.7 Å². The zero-order chi connectivity index (χ0) is 12.5. The molecule has 0 saturated carbocycles. The van der Waals surface area contributed by atoms with E-state index >= 15 is 0 Å². The number of carbonyl (C=O) groups is 2. The summed E-state index contributed by atoms with van der Waals surface area (Å²) in [4.78, 5) is 27.7. The van der Waals surface area contributed by atoms with Crippen LogP contribution in [0.3, 0.4) is 0 Å². The maximum absolute atomic E-state index is 11.7. The van der Waals surface area contributed by atoms with Crippen LogP contribution in [0.5, 0.6) is 0 Å². The minimum atomic E-state index is -0.965. The molecule has 1 aromatic rings. The lowest BCUT2D eigenvalue weighted by molar-refractivity contribution is -0.149. The highest BCUT2D eigenvalue weighted by Gasteiger charge is 2.47. The summed E-state index contributed by atoms with van der Waals surface area (Å²) in [6.45, 7) is 3.15. The molecule has 0 bridgehead atoms. The van der Waals surface area contributed by atoms with Gasteiger partial charge in [-0.05, 0) is 13.8 Å². The molecule has 4 nitrogen and oxygen atoms in total. The Morgan fingerprint density at radius 3 is 2.59 bits per heavy atom. The first-order chi connectivity index (χ1) is 8.04. The van der Waals surface area contributed by atoms with E-state index in [0.717, 1.165) is 5.56 Å². The van der Waals surface area contributed by atoms with Crippen molar-refractivity contribution >= 4 is 17.5 Å². The van der Waals surface area contributed by atoms with Gasteiger partial charge in [-0.25, -0.2) is 4.79 Å². The van der Waals surface area contributed by atoms with Gasteiger partial charge in [0.1, 0.15) is 16.9 Å². The van der Waals surface area contributed by atoms with Crippen LogP contribution in [0.15, 0.2) is 35.5 Å². The average Bonchev–Trinajstić information content (AvgIpc) is 2.56. The number of rotatable bonds is 3. The van der Waals surface area contributed by atoms with E-state index in [0.29, 0.717) is 5.71 Å². The lowest BCUT2D eigenvalue weighted by atomic mass is 9.78. The normalized spacial score (nSPS) is 23.2. The molecule has 0 N–H and O–H groups in total. The van der Waals surface area contributed by atoms with Gasteiger partial charge in [-0.1, -0.05) is 35.5 Å². The van der Waals surface area contributed by atoms with E-state index in [1.165, 1.54) is 6.92 Å². The number of carbonyl (C=O) groups excluding carboxylic acids is 2. The van der Waals surface area contributed by atoms with Crippen LogP contribution in [0.25, 0.3) is 0 Å². The highest BCUT2D eigenvalue weighted by molar-refractivity contribution is 6.18. The molecule has 0 aromatic heterocycles. The van der Waals surface area contributed by atoms with Crippen LogP contribution in [-0.2, 0) is 14.4 Å². The van der Waals surface area contributed by atoms with Gasteiger partial charge in [0.2, 0.25) is 0 Å². The van der Waals surface area contributed by atoms with Gasteiger partial charge in [-0.2, -0.15) is 0 Å². The molecule has 1 aromatic carbocycles. The van der Waals surface area contributed by atoms with Crippen LogP contribution in [-0.4, -0.2) is 17.5 Å². The van der Waals surface area contributed by atoms with Gasteiger partial charge in [0.05, 0.1) is 0 Å². The van der Waals surface area contributed by atoms with Crippen LogP contribution in [0.2, 0.25) is 0 Å². The Labute approximate surface area is 99.3 Å². The number of Topliss-reactive ketones (excluding diaryl/α,β-unsaturated/α-hetero) is 1. The quantitative estimate of drug-likeness (QED) is 0.747. The first kappa shape index (κ1) is 11.5. The van der Waals surface area contributed by atoms with Crippen LogP contribution >= 0.6 is 0 Å². The summed E-state index contributed by atoms with van der Waals surface area (Å²) in [7, 11) is 0. The molecule has 0 amide bonds. The minimum Gasteiger partial charge on any atom is -0.317 e. The highest BCUT2D eigenvalue weighted by Crippen LogP contribution is 2.34. The summed E-state index contributed by atoms with van der Waals surface area (Å²) in [5, 5.41) is 3.81. The van der Waals surface area contributed by atoms with Crippen molar-refractivity contribution in [2.75, 3.05) is 0 Å². The third-order valence-electron chi connectivity index (χ3n) is 2.84. The van der Waals surface area contributed by atoms with Gasteiger partial charge in [0.15, 0.2) is 0 Å². The summed E-state index contributed by atoms with van der Waals surface area (Å²) in [5.74, 6) is -0.526. The molecule has 0 aliphatic carbocycles. The first-order valence-corrected chi connectivity index (χ1v) is 5.39. The third kappa shape index (κ3) is 1.98. The molecule has 0 saturated heterocycles. The van der Waals surface area contributed by atoms with E-state index in [1.54, 1.807) is 6.92 Å². The average molecular weight is 231 g/mol.